The predicted octanol–water partition coefficient (Wildman–Crippen LogP) is 4.85. The Bertz CT molecular complexity index is 981. The van der Waals surface area contributed by atoms with Gasteiger partial charge in [-0.2, -0.15) is 0 Å². The highest BCUT2D eigenvalue weighted by Crippen LogP contribution is 2.27. The number of thiophene rings is 1. The molecule has 0 spiro atoms. The summed E-state index contributed by atoms with van der Waals surface area (Å²) in [6, 6.07) is 12.3. The highest BCUT2D eigenvalue weighted by Gasteiger charge is 2.33. The van der Waals surface area contributed by atoms with Gasteiger partial charge in [-0.05, 0) is 54.1 Å². The van der Waals surface area contributed by atoms with Crippen LogP contribution in [-0.4, -0.2) is 22.8 Å². The van der Waals surface area contributed by atoms with E-state index in [2.05, 4.69) is 5.32 Å². The van der Waals surface area contributed by atoms with Crippen molar-refractivity contribution >= 4 is 23.2 Å². The van der Waals surface area contributed by atoms with E-state index in [0.29, 0.717) is 11.3 Å². The maximum atomic E-state index is 13.6. The summed E-state index contributed by atoms with van der Waals surface area (Å²) in [4.78, 5) is 29.3. The molecular weight excluding hydrogens is 415 g/mol. The van der Waals surface area contributed by atoms with Crippen LogP contribution in [0, 0.1) is 5.82 Å². The van der Waals surface area contributed by atoms with Gasteiger partial charge in [0.05, 0.1) is 19.2 Å². The average molecular weight is 441 g/mol. The molecule has 1 fully saturated rings. The molecule has 0 bridgehead atoms. The van der Waals surface area contributed by atoms with Crippen molar-refractivity contribution in [1.82, 2.24) is 10.2 Å². The Morgan fingerprint density at radius 2 is 1.90 bits per heavy atom. The van der Waals surface area contributed by atoms with E-state index in [-0.39, 0.29) is 36.6 Å². The minimum Gasteiger partial charge on any atom is -0.467 e. The van der Waals surface area contributed by atoms with Gasteiger partial charge in [-0.3, -0.25) is 9.59 Å². The highest BCUT2D eigenvalue weighted by atomic mass is 32.1. The molecule has 5 nitrogen and oxygen atoms in total. The zero-order valence-electron chi connectivity index (χ0n) is 17.1. The highest BCUT2D eigenvalue weighted by molar-refractivity contribution is 7.10. The van der Waals surface area contributed by atoms with E-state index in [4.69, 9.17) is 4.42 Å². The van der Waals surface area contributed by atoms with E-state index in [1.54, 1.807) is 30.5 Å². The minimum atomic E-state index is -0.876. The molecule has 31 heavy (non-hydrogen) atoms. The number of furan rings is 1. The number of hydrogen-bond acceptors (Lipinski definition) is 4. The van der Waals surface area contributed by atoms with Gasteiger partial charge >= 0.3 is 0 Å². The SMILES string of the molecule is O=C(NC1CCCC1)[C@H](c1ccc(F)cc1)N(Cc1ccco1)C(=O)Cc1cccs1. The molecule has 0 unspecified atom stereocenters. The minimum absolute atomic E-state index is 0.105. The number of nitrogens with zero attached hydrogens (tertiary/aromatic N) is 1. The molecule has 1 aliphatic carbocycles. The second kappa shape index (κ2) is 9.92. The molecule has 4 rings (SSSR count). The molecule has 0 aliphatic heterocycles. The van der Waals surface area contributed by atoms with Crippen LogP contribution in [0.15, 0.2) is 64.6 Å². The second-order valence-electron chi connectivity index (χ2n) is 7.80. The molecule has 1 N–H and O–H groups in total. The van der Waals surface area contributed by atoms with Gasteiger partial charge in [-0.15, -0.1) is 11.3 Å². The van der Waals surface area contributed by atoms with Gasteiger partial charge in [0.25, 0.3) is 0 Å². The lowest BCUT2D eigenvalue weighted by molar-refractivity contribution is -0.141. The normalized spacial score (nSPS) is 15.0. The van der Waals surface area contributed by atoms with E-state index in [9.17, 15) is 14.0 Å². The van der Waals surface area contributed by atoms with Crippen molar-refractivity contribution in [2.45, 2.75) is 50.7 Å². The van der Waals surface area contributed by atoms with Crippen LogP contribution in [0.25, 0.3) is 0 Å². The van der Waals surface area contributed by atoms with Crippen molar-refractivity contribution in [3.05, 3.63) is 82.2 Å². The summed E-state index contributed by atoms with van der Waals surface area (Å²) in [5.41, 5.74) is 0.572. The van der Waals surface area contributed by atoms with Gasteiger partial charge in [-0.25, -0.2) is 4.39 Å². The first-order valence-corrected chi connectivity index (χ1v) is 11.4. The van der Waals surface area contributed by atoms with Gasteiger partial charge < -0.3 is 14.6 Å². The van der Waals surface area contributed by atoms with E-state index < -0.39 is 6.04 Å². The zero-order chi connectivity index (χ0) is 21.6. The first-order chi connectivity index (χ1) is 15.1. The van der Waals surface area contributed by atoms with E-state index in [1.807, 2.05) is 17.5 Å². The third-order valence-corrected chi connectivity index (χ3v) is 6.46. The number of hydrogen-bond donors (Lipinski definition) is 1. The Hall–Kier alpha value is -2.93. The summed E-state index contributed by atoms with van der Waals surface area (Å²) >= 11 is 1.50. The summed E-state index contributed by atoms with van der Waals surface area (Å²) in [6.45, 7) is 0.150. The van der Waals surface area contributed by atoms with Crippen LogP contribution in [0.1, 0.15) is 47.9 Å². The summed E-state index contributed by atoms with van der Waals surface area (Å²) in [6.07, 6.45) is 5.76. The molecule has 3 aromatic rings. The predicted molar refractivity (Wildman–Crippen MR) is 117 cm³/mol. The van der Waals surface area contributed by atoms with E-state index in [1.165, 1.54) is 28.4 Å². The summed E-state index contributed by atoms with van der Waals surface area (Å²) < 4.78 is 19.1. The summed E-state index contributed by atoms with van der Waals surface area (Å²) in [7, 11) is 0. The maximum Gasteiger partial charge on any atom is 0.247 e. The van der Waals surface area contributed by atoms with Crippen LogP contribution < -0.4 is 5.32 Å². The number of carbonyl (C=O) groups excluding carboxylic acids is 2. The first-order valence-electron chi connectivity index (χ1n) is 10.5. The van der Waals surface area contributed by atoms with Gasteiger partial charge in [-0.1, -0.05) is 31.0 Å². The van der Waals surface area contributed by atoms with Crippen LogP contribution in [0.2, 0.25) is 0 Å². The van der Waals surface area contributed by atoms with Crippen LogP contribution in [0.5, 0.6) is 0 Å². The van der Waals surface area contributed by atoms with Crippen molar-refractivity contribution < 1.29 is 18.4 Å². The number of amides is 2. The smallest absolute Gasteiger partial charge is 0.247 e. The Labute approximate surface area is 184 Å². The molecule has 2 aromatic heterocycles. The van der Waals surface area contributed by atoms with Crippen LogP contribution >= 0.6 is 11.3 Å². The van der Waals surface area contributed by atoms with Crippen molar-refractivity contribution in [3.8, 4) is 0 Å². The van der Waals surface area contributed by atoms with Gasteiger partial charge in [0.15, 0.2) is 0 Å². The molecule has 1 saturated carbocycles. The molecule has 2 amide bonds. The van der Waals surface area contributed by atoms with Crippen molar-refractivity contribution in [3.63, 3.8) is 0 Å². The second-order valence-corrected chi connectivity index (χ2v) is 8.83. The molecular formula is C24H25FN2O3S. The molecule has 162 valence electrons. The van der Waals surface area contributed by atoms with Gasteiger partial charge in [0.2, 0.25) is 11.8 Å². The topological polar surface area (TPSA) is 62.6 Å². The lowest BCUT2D eigenvalue weighted by Gasteiger charge is -2.31. The standard InChI is InChI=1S/C24H25FN2O3S/c25-18-11-9-17(10-12-18)23(24(29)26-19-5-1-2-6-19)27(16-20-7-3-13-30-20)22(28)15-21-8-4-14-31-21/h3-4,7-14,19,23H,1-2,5-6,15-16H2,(H,26,29)/t23-/m0/s1. The molecule has 2 heterocycles. The third-order valence-electron chi connectivity index (χ3n) is 5.58. The number of halogens is 1. The van der Waals surface area contributed by atoms with Crippen LogP contribution in [0.4, 0.5) is 4.39 Å². The Kier molecular flexibility index (Phi) is 6.82. The van der Waals surface area contributed by atoms with Gasteiger partial charge in [0, 0.05) is 10.9 Å². The quantitative estimate of drug-likeness (QED) is 0.545. The fourth-order valence-electron chi connectivity index (χ4n) is 4.03. The molecule has 0 radical (unpaired) electrons. The lowest BCUT2D eigenvalue weighted by Crippen LogP contribution is -2.46. The van der Waals surface area contributed by atoms with E-state index >= 15 is 0 Å². The number of carbonyl (C=O) groups is 2. The summed E-state index contributed by atoms with van der Waals surface area (Å²) in [5.74, 6) is -0.235. The largest absolute Gasteiger partial charge is 0.467 e. The molecule has 7 heteroatoms. The van der Waals surface area contributed by atoms with Crippen LogP contribution in [-0.2, 0) is 22.6 Å². The lowest BCUT2D eigenvalue weighted by atomic mass is 10.0. The molecule has 0 saturated heterocycles. The number of benzene rings is 1. The summed E-state index contributed by atoms with van der Waals surface area (Å²) in [5, 5.41) is 5.03. The molecule has 1 atom stereocenters. The average Bonchev–Trinajstić information content (AvgIpc) is 3.53. The van der Waals surface area contributed by atoms with Crippen molar-refractivity contribution in [2.24, 2.45) is 0 Å². The fraction of sp³-hybridized carbons (Fsp3) is 0.333. The van der Waals surface area contributed by atoms with Crippen molar-refractivity contribution in [2.75, 3.05) is 0 Å². The molecule has 1 aromatic carbocycles. The molecule has 1 aliphatic rings. The Morgan fingerprint density at radius 1 is 1.13 bits per heavy atom. The van der Waals surface area contributed by atoms with Crippen molar-refractivity contribution in [1.29, 1.82) is 0 Å². The van der Waals surface area contributed by atoms with Gasteiger partial charge in [0.1, 0.15) is 17.6 Å². The number of nitrogens with one attached hydrogen (secondary N) is 1. The Balaban J connectivity index is 1.67. The van der Waals surface area contributed by atoms with Crippen LogP contribution in [0.3, 0.4) is 0 Å². The monoisotopic (exact) mass is 440 g/mol. The first kappa shape index (κ1) is 21.3. The van der Waals surface area contributed by atoms with E-state index in [0.717, 1.165) is 30.6 Å². The maximum absolute atomic E-state index is 13.6. The number of rotatable bonds is 8. The zero-order valence-corrected chi connectivity index (χ0v) is 17.9. The third kappa shape index (κ3) is 5.41. The fourth-order valence-corrected chi connectivity index (χ4v) is 4.72. The Morgan fingerprint density at radius 3 is 2.55 bits per heavy atom.